The van der Waals surface area contributed by atoms with Crippen LogP contribution in [0.15, 0.2) is 259 Å². The molecule has 0 aliphatic carbocycles. The van der Waals surface area contributed by atoms with Gasteiger partial charge in [0.25, 0.3) is 0 Å². The van der Waals surface area contributed by atoms with Crippen LogP contribution in [-0.2, 0) is 0 Å². The van der Waals surface area contributed by atoms with E-state index in [0.29, 0.717) is 5.95 Å². The molecule has 0 N–H and O–H groups in total. The molecule has 0 radical (unpaired) electrons. The molecule has 0 aliphatic rings. The number of aromatic nitrogens is 3. The molecule has 3 heterocycles. The minimum absolute atomic E-state index is 0.581. The topological polar surface area (TPSA) is 47.1 Å². The molecule has 0 amide bonds. The molecule has 332 valence electrons. The minimum Gasteiger partial charge on any atom is -0.456 e. The van der Waals surface area contributed by atoms with Crippen molar-refractivity contribution >= 4 is 82.5 Å². The Morgan fingerprint density at radius 3 is 1.68 bits per heavy atom. The van der Waals surface area contributed by atoms with E-state index in [0.717, 1.165) is 127 Å². The summed E-state index contributed by atoms with van der Waals surface area (Å²) < 4.78 is 8.96. The quantitative estimate of drug-likeness (QED) is 0.152. The molecule has 0 atom stereocenters. The Morgan fingerprint density at radius 2 is 0.915 bits per heavy atom. The fourth-order valence-electron chi connectivity index (χ4n) is 10.7. The lowest BCUT2D eigenvalue weighted by atomic mass is 9.94. The number of hydrogen-bond acceptors (Lipinski definition) is 4. The summed E-state index contributed by atoms with van der Waals surface area (Å²) in [5.41, 5.74) is 16.3. The average Bonchev–Trinajstić information content (AvgIpc) is 3.98. The molecule has 14 rings (SSSR count). The molecule has 0 bridgehead atoms. The van der Waals surface area contributed by atoms with E-state index < -0.39 is 0 Å². The van der Waals surface area contributed by atoms with Gasteiger partial charge in [0.15, 0.2) is 0 Å². The first-order valence-corrected chi connectivity index (χ1v) is 24.1. The van der Waals surface area contributed by atoms with Crippen LogP contribution < -0.4 is 4.90 Å². The summed E-state index contributed by atoms with van der Waals surface area (Å²) in [4.78, 5) is 13.6. The van der Waals surface area contributed by atoms with E-state index in [2.05, 4.69) is 252 Å². The molecule has 0 unspecified atom stereocenters. The number of anilines is 3. The second-order valence-corrected chi connectivity index (χ2v) is 18.1. The Labute approximate surface area is 409 Å². The third kappa shape index (κ3) is 6.86. The molecular formula is C66H42N4O. The second-order valence-electron chi connectivity index (χ2n) is 18.1. The van der Waals surface area contributed by atoms with Crippen LogP contribution in [0.25, 0.3) is 116 Å². The summed E-state index contributed by atoms with van der Waals surface area (Å²) in [5.74, 6) is 0.581. The standard InChI is InChI=1S/C66H42N4O/c1-4-19-43(20-5-1)47-27-16-28-51(40-47)69(58-33-17-26-46-25-10-11-29-52(46)58)59-34-18-35-60-64(59)56-42-63-55(53-30-13-15-36-62(53)71-63)41-61(56)70(60)66-67-57-32-14-12-31-54(57)65(68-66)50-38-48(44-21-6-2-7-22-44)37-49(39-50)45-23-8-3-9-24-45/h1-42H. The lowest BCUT2D eigenvalue weighted by Gasteiger charge is -2.28. The maximum absolute atomic E-state index is 6.69. The molecule has 11 aromatic carbocycles. The van der Waals surface area contributed by atoms with Gasteiger partial charge in [0.1, 0.15) is 11.2 Å². The van der Waals surface area contributed by atoms with Gasteiger partial charge in [-0.2, -0.15) is 0 Å². The number of fused-ring (bicyclic) bond motifs is 8. The van der Waals surface area contributed by atoms with Gasteiger partial charge < -0.3 is 9.32 Å². The van der Waals surface area contributed by atoms with E-state index in [1.165, 1.54) is 0 Å². The Balaban J connectivity index is 1.08. The number of benzene rings is 11. The van der Waals surface area contributed by atoms with E-state index in [4.69, 9.17) is 14.4 Å². The lowest BCUT2D eigenvalue weighted by Crippen LogP contribution is -2.11. The van der Waals surface area contributed by atoms with Gasteiger partial charge in [-0.1, -0.05) is 182 Å². The highest BCUT2D eigenvalue weighted by molar-refractivity contribution is 6.21. The molecule has 0 saturated carbocycles. The maximum atomic E-state index is 6.69. The highest BCUT2D eigenvalue weighted by atomic mass is 16.3. The van der Waals surface area contributed by atoms with Crippen LogP contribution in [0.1, 0.15) is 0 Å². The SMILES string of the molecule is c1ccc(-c2cc(-c3ccccc3)cc(-c3nc(-n4c5cc6c(cc5c5c(N(c7cccc(-c8ccccc8)c7)c7cccc8ccccc78)cccc54)oc4ccccc46)nc4ccccc34)c2)cc1. The second kappa shape index (κ2) is 16.6. The fraction of sp³-hybridized carbons (Fsp3) is 0. The van der Waals surface area contributed by atoms with Crippen molar-refractivity contribution in [3.8, 4) is 50.6 Å². The van der Waals surface area contributed by atoms with Crippen molar-refractivity contribution in [2.24, 2.45) is 0 Å². The van der Waals surface area contributed by atoms with E-state index in [1.807, 2.05) is 12.1 Å². The lowest BCUT2D eigenvalue weighted by molar-refractivity contribution is 0.669. The highest BCUT2D eigenvalue weighted by Gasteiger charge is 2.26. The molecule has 0 saturated heterocycles. The fourth-order valence-corrected chi connectivity index (χ4v) is 10.7. The summed E-state index contributed by atoms with van der Waals surface area (Å²) in [6.45, 7) is 0. The van der Waals surface area contributed by atoms with Crippen molar-refractivity contribution < 1.29 is 4.42 Å². The number of hydrogen-bond donors (Lipinski definition) is 0. The van der Waals surface area contributed by atoms with Crippen LogP contribution in [0.2, 0.25) is 0 Å². The van der Waals surface area contributed by atoms with Gasteiger partial charge in [-0.05, 0) is 112 Å². The smallest absolute Gasteiger partial charge is 0.235 e. The Kier molecular flexibility index (Phi) is 9.46. The van der Waals surface area contributed by atoms with Gasteiger partial charge in [0.2, 0.25) is 5.95 Å². The predicted molar refractivity (Wildman–Crippen MR) is 295 cm³/mol. The zero-order valence-corrected chi connectivity index (χ0v) is 38.4. The first-order valence-electron chi connectivity index (χ1n) is 24.1. The monoisotopic (exact) mass is 906 g/mol. The molecule has 5 heteroatoms. The van der Waals surface area contributed by atoms with E-state index >= 15 is 0 Å². The molecule has 0 aliphatic heterocycles. The van der Waals surface area contributed by atoms with Gasteiger partial charge in [-0.3, -0.25) is 4.57 Å². The van der Waals surface area contributed by atoms with Gasteiger partial charge in [0.05, 0.1) is 33.6 Å². The van der Waals surface area contributed by atoms with Gasteiger partial charge in [-0.15, -0.1) is 0 Å². The van der Waals surface area contributed by atoms with E-state index in [1.54, 1.807) is 0 Å². The third-order valence-electron chi connectivity index (χ3n) is 13.9. The van der Waals surface area contributed by atoms with Crippen molar-refractivity contribution in [3.63, 3.8) is 0 Å². The first kappa shape index (κ1) is 40.5. The summed E-state index contributed by atoms with van der Waals surface area (Å²) in [6.07, 6.45) is 0. The number of para-hydroxylation sites is 2. The Morgan fingerprint density at radius 1 is 0.338 bits per heavy atom. The van der Waals surface area contributed by atoms with Gasteiger partial charge in [-0.25, -0.2) is 9.97 Å². The van der Waals surface area contributed by atoms with Crippen LogP contribution in [0.4, 0.5) is 17.1 Å². The van der Waals surface area contributed by atoms with Crippen molar-refractivity contribution in [2.45, 2.75) is 0 Å². The summed E-state index contributed by atoms with van der Waals surface area (Å²) in [5, 5.41) is 7.46. The van der Waals surface area contributed by atoms with Gasteiger partial charge in [0, 0.05) is 43.6 Å². The van der Waals surface area contributed by atoms with Crippen LogP contribution in [-0.4, -0.2) is 14.5 Å². The van der Waals surface area contributed by atoms with Crippen LogP contribution in [0.3, 0.4) is 0 Å². The molecule has 0 spiro atoms. The van der Waals surface area contributed by atoms with E-state index in [9.17, 15) is 0 Å². The number of rotatable bonds is 8. The summed E-state index contributed by atoms with van der Waals surface area (Å²) in [6, 6.07) is 90.6. The molecule has 3 aromatic heterocycles. The highest BCUT2D eigenvalue weighted by Crippen LogP contribution is 2.48. The van der Waals surface area contributed by atoms with Crippen molar-refractivity contribution in [3.05, 3.63) is 255 Å². The molecular weight excluding hydrogens is 865 g/mol. The minimum atomic E-state index is 0.581. The zero-order valence-electron chi connectivity index (χ0n) is 38.4. The molecule has 14 aromatic rings. The Hall–Kier alpha value is -9.58. The maximum Gasteiger partial charge on any atom is 0.235 e. The van der Waals surface area contributed by atoms with Crippen molar-refractivity contribution in [1.29, 1.82) is 0 Å². The van der Waals surface area contributed by atoms with Crippen molar-refractivity contribution in [2.75, 3.05) is 4.90 Å². The van der Waals surface area contributed by atoms with E-state index in [-0.39, 0.29) is 0 Å². The normalized spacial score (nSPS) is 11.7. The number of furan rings is 1. The first-order chi connectivity index (χ1) is 35.2. The third-order valence-corrected chi connectivity index (χ3v) is 13.9. The average molecular weight is 907 g/mol. The van der Waals surface area contributed by atoms with Crippen LogP contribution >= 0.6 is 0 Å². The molecule has 5 nitrogen and oxygen atoms in total. The van der Waals surface area contributed by atoms with Crippen LogP contribution in [0, 0.1) is 0 Å². The van der Waals surface area contributed by atoms with Gasteiger partial charge >= 0.3 is 0 Å². The molecule has 0 fully saturated rings. The summed E-state index contributed by atoms with van der Waals surface area (Å²) in [7, 11) is 0. The molecule has 71 heavy (non-hydrogen) atoms. The number of nitrogens with zero attached hydrogens (tertiary/aromatic N) is 4. The van der Waals surface area contributed by atoms with Crippen LogP contribution in [0.5, 0.6) is 0 Å². The zero-order chi connectivity index (χ0) is 46.8. The Bertz CT molecular complexity index is 4280. The van der Waals surface area contributed by atoms with Crippen molar-refractivity contribution in [1.82, 2.24) is 14.5 Å². The summed E-state index contributed by atoms with van der Waals surface area (Å²) >= 11 is 0. The predicted octanol–water partition coefficient (Wildman–Crippen LogP) is 17.9. The largest absolute Gasteiger partial charge is 0.456 e.